The molecule has 2 rings (SSSR count). The van der Waals surface area contributed by atoms with E-state index in [9.17, 15) is 18.0 Å². The number of carbonyl (C=O) groups is 1. The molecule has 2 aliphatic rings. The summed E-state index contributed by atoms with van der Waals surface area (Å²) in [5, 5.41) is 5.18. The van der Waals surface area contributed by atoms with Gasteiger partial charge in [-0.3, -0.25) is 9.69 Å². The van der Waals surface area contributed by atoms with E-state index >= 15 is 0 Å². The van der Waals surface area contributed by atoms with E-state index in [0.29, 0.717) is 0 Å². The Morgan fingerprint density at radius 1 is 1.38 bits per heavy atom. The van der Waals surface area contributed by atoms with Crippen molar-refractivity contribution in [3.8, 4) is 0 Å². The molecule has 2 aliphatic heterocycles. The first kappa shape index (κ1) is 16.5. The summed E-state index contributed by atoms with van der Waals surface area (Å²) in [4.78, 5) is 16.3. The molecule has 2 fully saturated rings. The lowest BCUT2D eigenvalue weighted by Crippen LogP contribution is -2.58. The normalized spacial score (nSPS) is 32.3. The first-order valence-corrected chi connectivity index (χ1v) is 7.21. The Morgan fingerprint density at radius 2 is 2.10 bits per heavy atom. The van der Waals surface area contributed by atoms with Crippen molar-refractivity contribution in [1.82, 2.24) is 20.4 Å². The fourth-order valence-electron chi connectivity index (χ4n) is 2.96. The van der Waals surface area contributed by atoms with Gasteiger partial charge >= 0.3 is 6.18 Å². The molecule has 0 aliphatic carbocycles. The van der Waals surface area contributed by atoms with Crippen LogP contribution in [-0.2, 0) is 4.79 Å². The highest BCUT2D eigenvalue weighted by Gasteiger charge is 2.61. The van der Waals surface area contributed by atoms with E-state index in [-0.39, 0.29) is 32.1 Å². The van der Waals surface area contributed by atoms with Crippen LogP contribution in [0.15, 0.2) is 0 Å². The molecule has 2 N–H and O–H groups in total. The lowest BCUT2D eigenvalue weighted by atomic mass is 9.85. The van der Waals surface area contributed by atoms with E-state index < -0.39 is 17.5 Å². The molecule has 2 saturated heterocycles. The van der Waals surface area contributed by atoms with Crippen molar-refractivity contribution in [1.29, 1.82) is 0 Å². The monoisotopic (exact) mass is 308 g/mol. The molecule has 5 nitrogen and oxygen atoms in total. The topological polar surface area (TPSA) is 47.6 Å². The average Bonchev–Trinajstić information content (AvgIpc) is 2.89. The number of nitrogens with one attached hydrogen (secondary N) is 2. The van der Waals surface area contributed by atoms with Crippen molar-refractivity contribution in [2.45, 2.75) is 18.6 Å². The summed E-state index contributed by atoms with van der Waals surface area (Å²) in [6, 6.07) is 0.0485. The number of nitrogens with zero attached hydrogens (tertiary/aromatic N) is 2. The fourth-order valence-corrected chi connectivity index (χ4v) is 2.96. The zero-order chi connectivity index (χ0) is 15.7. The molecule has 122 valence electrons. The molecule has 0 spiro atoms. The van der Waals surface area contributed by atoms with Crippen molar-refractivity contribution in [2.75, 3.05) is 53.4 Å². The molecule has 1 amide bonds. The molecule has 8 heteroatoms. The number of piperazine rings is 1. The maximum absolute atomic E-state index is 13.3. The molecule has 21 heavy (non-hydrogen) atoms. The second-order valence-electron chi connectivity index (χ2n) is 6.11. The summed E-state index contributed by atoms with van der Waals surface area (Å²) in [6.45, 7) is 2.66. The Balaban J connectivity index is 1.97. The fraction of sp³-hybridized carbons (Fsp3) is 0.923. The second-order valence-corrected chi connectivity index (χ2v) is 6.11. The highest BCUT2D eigenvalue weighted by Crippen LogP contribution is 2.43. The van der Waals surface area contributed by atoms with Gasteiger partial charge in [-0.1, -0.05) is 0 Å². The van der Waals surface area contributed by atoms with E-state index in [0.717, 1.165) is 19.6 Å². The summed E-state index contributed by atoms with van der Waals surface area (Å²) < 4.78 is 39.8. The first-order valence-electron chi connectivity index (χ1n) is 7.21. The minimum atomic E-state index is -4.52. The summed E-state index contributed by atoms with van der Waals surface area (Å²) in [7, 11) is 3.90. The first-order chi connectivity index (χ1) is 9.76. The molecule has 2 atom stereocenters. The SMILES string of the molecule is CN1CCN(C)C(CNC(=O)C2(C(F)(F)F)CCNC2)C1. The number of amides is 1. The largest absolute Gasteiger partial charge is 0.404 e. The van der Waals surface area contributed by atoms with Crippen LogP contribution < -0.4 is 10.6 Å². The molecule has 0 radical (unpaired) electrons. The Morgan fingerprint density at radius 3 is 2.67 bits per heavy atom. The lowest BCUT2D eigenvalue weighted by Gasteiger charge is -2.38. The number of hydrogen-bond donors (Lipinski definition) is 2. The Bertz CT molecular complexity index is 382. The number of likely N-dealkylation sites (N-methyl/N-ethyl adjacent to an activating group) is 2. The van der Waals surface area contributed by atoms with Gasteiger partial charge in [-0.15, -0.1) is 0 Å². The smallest absolute Gasteiger partial charge is 0.354 e. The van der Waals surface area contributed by atoms with Gasteiger partial charge in [-0.2, -0.15) is 13.2 Å². The van der Waals surface area contributed by atoms with Gasteiger partial charge in [0.1, 0.15) is 0 Å². The number of hydrogen-bond acceptors (Lipinski definition) is 4. The summed E-state index contributed by atoms with van der Waals surface area (Å²) in [5.74, 6) is -0.901. The van der Waals surface area contributed by atoms with Crippen molar-refractivity contribution in [2.24, 2.45) is 5.41 Å². The van der Waals surface area contributed by atoms with Crippen LogP contribution in [0, 0.1) is 5.41 Å². The van der Waals surface area contributed by atoms with Gasteiger partial charge in [0.2, 0.25) is 5.91 Å². The molecule has 0 bridgehead atoms. The van der Waals surface area contributed by atoms with Gasteiger partial charge in [-0.25, -0.2) is 0 Å². The average molecular weight is 308 g/mol. The van der Waals surface area contributed by atoms with E-state index in [2.05, 4.69) is 20.4 Å². The van der Waals surface area contributed by atoms with Crippen LogP contribution >= 0.6 is 0 Å². The van der Waals surface area contributed by atoms with Crippen molar-refractivity contribution in [3.05, 3.63) is 0 Å². The Kier molecular flexibility index (Phi) is 4.79. The molecule has 2 unspecified atom stereocenters. The molecule has 0 aromatic rings. The van der Waals surface area contributed by atoms with E-state index in [1.54, 1.807) is 0 Å². The van der Waals surface area contributed by atoms with E-state index in [4.69, 9.17) is 0 Å². The zero-order valence-electron chi connectivity index (χ0n) is 12.5. The molecule has 0 aromatic heterocycles. The predicted molar refractivity (Wildman–Crippen MR) is 72.9 cm³/mol. The van der Waals surface area contributed by atoms with Gasteiger partial charge in [0.25, 0.3) is 0 Å². The van der Waals surface area contributed by atoms with Crippen LogP contribution in [0.3, 0.4) is 0 Å². The predicted octanol–water partition coefficient (Wildman–Crippen LogP) is -0.110. The van der Waals surface area contributed by atoms with Crippen molar-refractivity contribution in [3.63, 3.8) is 0 Å². The molecular weight excluding hydrogens is 285 g/mol. The highest BCUT2D eigenvalue weighted by atomic mass is 19.4. The number of alkyl halides is 3. The van der Waals surface area contributed by atoms with Gasteiger partial charge in [0, 0.05) is 38.8 Å². The lowest BCUT2D eigenvalue weighted by molar-refractivity contribution is -0.216. The van der Waals surface area contributed by atoms with Crippen LogP contribution in [0.1, 0.15) is 6.42 Å². The maximum atomic E-state index is 13.3. The Hall–Kier alpha value is -0.860. The van der Waals surface area contributed by atoms with Gasteiger partial charge in [-0.05, 0) is 27.1 Å². The van der Waals surface area contributed by atoms with Crippen LogP contribution in [0.5, 0.6) is 0 Å². The zero-order valence-corrected chi connectivity index (χ0v) is 12.5. The molecular formula is C13H23F3N4O. The third-order valence-electron chi connectivity index (χ3n) is 4.61. The minimum Gasteiger partial charge on any atom is -0.354 e. The van der Waals surface area contributed by atoms with Gasteiger partial charge in [0.05, 0.1) is 0 Å². The standard InChI is InChI=1S/C13H23F3N4O/c1-19-5-6-20(2)10(8-19)7-18-11(21)12(13(14,15)16)3-4-17-9-12/h10,17H,3-9H2,1-2H3,(H,18,21). The van der Waals surface area contributed by atoms with E-state index in [1.807, 2.05) is 14.1 Å². The molecule has 0 saturated carbocycles. The third kappa shape index (κ3) is 3.32. The third-order valence-corrected chi connectivity index (χ3v) is 4.61. The minimum absolute atomic E-state index is 0.0485. The highest BCUT2D eigenvalue weighted by molar-refractivity contribution is 5.84. The summed E-state index contributed by atoms with van der Waals surface area (Å²) in [5.41, 5.74) is -2.27. The number of rotatable bonds is 3. The van der Waals surface area contributed by atoms with Crippen LogP contribution in [-0.4, -0.2) is 81.3 Å². The van der Waals surface area contributed by atoms with Crippen LogP contribution in [0.2, 0.25) is 0 Å². The molecule has 2 heterocycles. The Labute approximate surface area is 122 Å². The van der Waals surface area contributed by atoms with Crippen molar-refractivity contribution < 1.29 is 18.0 Å². The quantitative estimate of drug-likeness (QED) is 0.764. The number of carbonyl (C=O) groups excluding carboxylic acids is 1. The van der Waals surface area contributed by atoms with Crippen LogP contribution in [0.25, 0.3) is 0 Å². The van der Waals surface area contributed by atoms with Crippen molar-refractivity contribution >= 4 is 5.91 Å². The van der Waals surface area contributed by atoms with Gasteiger partial charge in [0.15, 0.2) is 5.41 Å². The van der Waals surface area contributed by atoms with Gasteiger partial charge < -0.3 is 15.5 Å². The van der Waals surface area contributed by atoms with Crippen LogP contribution in [0.4, 0.5) is 13.2 Å². The summed E-state index contributed by atoms with van der Waals surface area (Å²) >= 11 is 0. The number of halogens is 3. The summed E-state index contributed by atoms with van der Waals surface area (Å²) in [6.07, 6.45) is -4.71. The second kappa shape index (κ2) is 6.10. The maximum Gasteiger partial charge on any atom is 0.404 e. The molecule has 0 aromatic carbocycles. The van der Waals surface area contributed by atoms with E-state index in [1.165, 1.54) is 0 Å².